The van der Waals surface area contributed by atoms with E-state index in [9.17, 15) is 4.79 Å². The van der Waals surface area contributed by atoms with Gasteiger partial charge in [0.15, 0.2) is 5.69 Å². The van der Waals surface area contributed by atoms with Crippen molar-refractivity contribution in [1.82, 2.24) is 15.0 Å². The van der Waals surface area contributed by atoms with Gasteiger partial charge in [-0.25, -0.2) is 9.48 Å². The van der Waals surface area contributed by atoms with Gasteiger partial charge < -0.3 is 5.11 Å². The van der Waals surface area contributed by atoms with Crippen LogP contribution in [-0.4, -0.2) is 26.1 Å². The number of hydrogen-bond acceptors (Lipinski definition) is 3. The van der Waals surface area contributed by atoms with Gasteiger partial charge in [0.1, 0.15) is 0 Å². The molecule has 1 aromatic heterocycles. The summed E-state index contributed by atoms with van der Waals surface area (Å²) in [4.78, 5) is 11.0. The second-order valence-corrected chi connectivity index (χ2v) is 4.89. The van der Waals surface area contributed by atoms with Crippen molar-refractivity contribution < 1.29 is 9.90 Å². The number of aromatic nitrogens is 3. The van der Waals surface area contributed by atoms with Gasteiger partial charge in [-0.2, -0.15) is 0 Å². The van der Waals surface area contributed by atoms with Crippen molar-refractivity contribution in [3.8, 4) is 0 Å². The standard InChI is InChI=1S/C14H25N3O2/c1-3-5-6-7-8-9-10-11-17-12(4-2)13(14(18)19)15-16-17/h3-11H2,1-2H3,(H,18,19). The molecule has 0 radical (unpaired) electrons. The molecule has 0 fully saturated rings. The summed E-state index contributed by atoms with van der Waals surface area (Å²) in [6.07, 6.45) is 9.35. The fourth-order valence-corrected chi connectivity index (χ4v) is 2.25. The molecule has 19 heavy (non-hydrogen) atoms. The van der Waals surface area contributed by atoms with Crippen LogP contribution >= 0.6 is 0 Å². The van der Waals surface area contributed by atoms with E-state index in [1.165, 1.54) is 38.5 Å². The maximum Gasteiger partial charge on any atom is 0.358 e. The van der Waals surface area contributed by atoms with E-state index in [0.717, 1.165) is 18.7 Å². The van der Waals surface area contributed by atoms with E-state index in [0.29, 0.717) is 6.42 Å². The van der Waals surface area contributed by atoms with Crippen LogP contribution in [0.3, 0.4) is 0 Å². The Bertz CT molecular complexity index is 388. The largest absolute Gasteiger partial charge is 0.476 e. The molecular weight excluding hydrogens is 242 g/mol. The zero-order chi connectivity index (χ0) is 14.1. The lowest BCUT2D eigenvalue weighted by Gasteiger charge is -2.05. The fraction of sp³-hybridized carbons (Fsp3) is 0.786. The van der Waals surface area contributed by atoms with E-state index in [-0.39, 0.29) is 5.69 Å². The van der Waals surface area contributed by atoms with E-state index in [2.05, 4.69) is 17.2 Å². The molecule has 0 aliphatic heterocycles. The summed E-state index contributed by atoms with van der Waals surface area (Å²) in [6.45, 7) is 4.93. The number of carboxylic acids is 1. The average molecular weight is 267 g/mol. The minimum absolute atomic E-state index is 0.102. The van der Waals surface area contributed by atoms with Crippen molar-refractivity contribution in [2.24, 2.45) is 0 Å². The quantitative estimate of drug-likeness (QED) is 0.660. The lowest BCUT2D eigenvalue weighted by atomic mass is 10.1. The van der Waals surface area contributed by atoms with Crippen LogP contribution in [0.2, 0.25) is 0 Å². The molecule has 1 rings (SSSR count). The third-order valence-electron chi connectivity index (χ3n) is 3.35. The summed E-state index contributed by atoms with van der Waals surface area (Å²) in [7, 11) is 0. The van der Waals surface area contributed by atoms with Crippen molar-refractivity contribution >= 4 is 5.97 Å². The van der Waals surface area contributed by atoms with E-state index in [1.54, 1.807) is 4.68 Å². The number of carbonyl (C=O) groups is 1. The van der Waals surface area contributed by atoms with Crippen LogP contribution in [0.1, 0.15) is 75.0 Å². The minimum Gasteiger partial charge on any atom is -0.476 e. The molecule has 108 valence electrons. The number of aryl methyl sites for hydroxylation is 1. The molecule has 0 amide bonds. The van der Waals surface area contributed by atoms with E-state index < -0.39 is 5.97 Å². The molecule has 5 nitrogen and oxygen atoms in total. The predicted molar refractivity (Wildman–Crippen MR) is 74.4 cm³/mol. The molecule has 0 bridgehead atoms. The molecule has 0 aromatic carbocycles. The number of rotatable bonds is 10. The topological polar surface area (TPSA) is 68.0 Å². The zero-order valence-corrected chi connectivity index (χ0v) is 12.1. The van der Waals surface area contributed by atoms with Crippen molar-refractivity contribution in [1.29, 1.82) is 0 Å². The highest BCUT2D eigenvalue weighted by molar-refractivity contribution is 5.86. The highest BCUT2D eigenvalue weighted by Crippen LogP contribution is 2.10. The van der Waals surface area contributed by atoms with Crippen molar-refractivity contribution in [3.05, 3.63) is 11.4 Å². The van der Waals surface area contributed by atoms with Crippen molar-refractivity contribution in [2.75, 3.05) is 0 Å². The second-order valence-electron chi connectivity index (χ2n) is 4.89. The van der Waals surface area contributed by atoms with Gasteiger partial charge in [-0.05, 0) is 12.8 Å². The molecule has 0 spiro atoms. The Balaban J connectivity index is 2.31. The molecule has 0 unspecified atom stereocenters. The zero-order valence-electron chi connectivity index (χ0n) is 12.1. The number of aromatic carboxylic acids is 1. The van der Waals surface area contributed by atoms with Crippen LogP contribution in [-0.2, 0) is 13.0 Å². The summed E-state index contributed by atoms with van der Waals surface area (Å²) in [5.41, 5.74) is 0.837. The first-order valence-corrected chi connectivity index (χ1v) is 7.36. The average Bonchev–Trinajstić information content (AvgIpc) is 2.80. The number of hydrogen-bond donors (Lipinski definition) is 1. The second kappa shape index (κ2) is 8.67. The van der Waals surface area contributed by atoms with Crippen LogP contribution < -0.4 is 0 Å². The van der Waals surface area contributed by atoms with Gasteiger partial charge >= 0.3 is 5.97 Å². The van der Waals surface area contributed by atoms with E-state index in [4.69, 9.17) is 5.11 Å². The van der Waals surface area contributed by atoms with E-state index >= 15 is 0 Å². The monoisotopic (exact) mass is 267 g/mol. The fourth-order valence-electron chi connectivity index (χ4n) is 2.25. The maximum atomic E-state index is 11.0. The first-order chi connectivity index (χ1) is 9.20. The number of unbranched alkanes of at least 4 members (excludes halogenated alkanes) is 6. The first kappa shape index (κ1) is 15.7. The Kier molecular flexibility index (Phi) is 7.15. The van der Waals surface area contributed by atoms with Crippen molar-refractivity contribution in [3.63, 3.8) is 0 Å². The van der Waals surface area contributed by atoms with Crippen LogP contribution in [0.4, 0.5) is 0 Å². The van der Waals surface area contributed by atoms with E-state index in [1.807, 2.05) is 6.92 Å². The van der Waals surface area contributed by atoms with Gasteiger partial charge in [-0.15, -0.1) is 5.10 Å². The predicted octanol–water partition coefficient (Wildman–Crippen LogP) is 3.29. The highest BCUT2D eigenvalue weighted by atomic mass is 16.4. The summed E-state index contributed by atoms with van der Waals surface area (Å²) in [5.74, 6) is -0.984. The smallest absolute Gasteiger partial charge is 0.358 e. The van der Waals surface area contributed by atoms with Crippen LogP contribution in [0.15, 0.2) is 0 Å². The van der Waals surface area contributed by atoms with Gasteiger partial charge in [0, 0.05) is 6.54 Å². The molecule has 0 aliphatic carbocycles. The molecule has 1 N–H and O–H groups in total. The normalized spacial score (nSPS) is 10.8. The first-order valence-electron chi connectivity index (χ1n) is 7.36. The Morgan fingerprint density at radius 2 is 1.74 bits per heavy atom. The molecule has 0 saturated heterocycles. The van der Waals surface area contributed by atoms with Crippen LogP contribution in [0, 0.1) is 0 Å². The number of carboxylic acid groups (broad SMARTS) is 1. The Morgan fingerprint density at radius 1 is 1.11 bits per heavy atom. The maximum absolute atomic E-state index is 11.0. The molecule has 1 heterocycles. The number of nitrogens with zero attached hydrogens (tertiary/aromatic N) is 3. The van der Waals surface area contributed by atoms with Crippen LogP contribution in [0.25, 0.3) is 0 Å². The Morgan fingerprint density at radius 3 is 2.32 bits per heavy atom. The lowest BCUT2D eigenvalue weighted by Crippen LogP contribution is -2.07. The Labute approximate surface area is 115 Å². The SMILES string of the molecule is CCCCCCCCCn1nnc(C(=O)O)c1CC. The summed E-state index contributed by atoms with van der Waals surface area (Å²) in [5, 5.41) is 16.7. The summed E-state index contributed by atoms with van der Waals surface area (Å²) < 4.78 is 1.75. The summed E-state index contributed by atoms with van der Waals surface area (Å²) >= 11 is 0. The van der Waals surface area contributed by atoms with Gasteiger partial charge in [-0.1, -0.05) is 57.6 Å². The van der Waals surface area contributed by atoms with Gasteiger partial charge in [0.25, 0.3) is 0 Å². The van der Waals surface area contributed by atoms with Gasteiger partial charge in [0.2, 0.25) is 0 Å². The molecular formula is C14H25N3O2. The molecule has 0 atom stereocenters. The van der Waals surface area contributed by atoms with Gasteiger partial charge in [0.05, 0.1) is 5.69 Å². The third-order valence-corrected chi connectivity index (χ3v) is 3.35. The van der Waals surface area contributed by atoms with Crippen LogP contribution in [0.5, 0.6) is 0 Å². The molecule has 5 heteroatoms. The minimum atomic E-state index is -0.984. The summed E-state index contributed by atoms with van der Waals surface area (Å²) in [6, 6.07) is 0. The molecule has 0 saturated carbocycles. The molecule has 0 aliphatic rings. The third kappa shape index (κ3) is 5.01. The highest BCUT2D eigenvalue weighted by Gasteiger charge is 2.16. The molecule has 1 aromatic rings. The van der Waals surface area contributed by atoms with Gasteiger partial charge in [-0.3, -0.25) is 0 Å². The van der Waals surface area contributed by atoms with Crippen molar-refractivity contribution in [2.45, 2.75) is 71.8 Å². The Hall–Kier alpha value is -1.39. The lowest BCUT2D eigenvalue weighted by molar-refractivity contribution is 0.0689.